The molecule has 0 bridgehead atoms. The van der Waals surface area contributed by atoms with Crippen LogP contribution in [-0.4, -0.2) is 23.6 Å². The van der Waals surface area contributed by atoms with Crippen molar-refractivity contribution in [3.63, 3.8) is 0 Å². The Balaban J connectivity index is 1.77. The van der Waals surface area contributed by atoms with Gasteiger partial charge in [-0.05, 0) is 42.7 Å². The Bertz CT molecular complexity index is 598. The van der Waals surface area contributed by atoms with Crippen molar-refractivity contribution in [1.29, 1.82) is 0 Å². The van der Waals surface area contributed by atoms with Crippen LogP contribution in [0.3, 0.4) is 0 Å². The maximum atomic E-state index is 11.7. The molecule has 0 aliphatic carbocycles. The molecule has 106 valence electrons. The van der Waals surface area contributed by atoms with E-state index in [-0.39, 0.29) is 13.2 Å². The Morgan fingerprint density at radius 3 is 2.55 bits per heavy atom. The molecule has 1 aromatic heterocycles. The quantitative estimate of drug-likeness (QED) is 0.613. The van der Waals surface area contributed by atoms with Gasteiger partial charge in [-0.15, -0.1) is 0 Å². The molecule has 0 N–H and O–H groups in total. The van der Waals surface area contributed by atoms with Crippen LogP contribution in [0.2, 0.25) is 10.0 Å². The number of rotatable bonds is 5. The van der Waals surface area contributed by atoms with Crippen LogP contribution in [0.25, 0.3) is 0 Å². The first-order valence-electron chi connectivity index (χ1n) is 5.75. The zero-order valence-electron chi connectivity index (χ0n) is 10.6. The number of aryl methyl sites for hydroxylation is 1. The van der Waals surface area contributed by atoms with Gasteiger partial charge in [-0.1, -0.05) is 23.2 Å². The van der Waals surface area contributed by atoms with Crippen LogP contribution in [-0.2, 0) is 4.74 Å². The largest absolute Gasteiger partial charge is 0.490 e. The highest BCUT2D eigenvalue weighted by Gasteiger charge is 2.17. The molecule has 0 amide bonds. The number of aromatic nitrogens is 1. The molecule has 2 aromatic rings. The standard InChI is InChI=1S/C13H11Cl2NO3S/c1-8-11(15)12(20-16-8)13(17)19-7-6-18-10-4-2-9(14)3-5-10/h2-5H,6-7H2,1H3. The zero-order valence-corrected chi connectivity index (χ0v) is 12.9. The van der Waals surface area contributed by atoms with E-state index in [4.69, 9.17) is 32.7 Å². The molecule has 0 aliphatic heterocycles. The van der Waals surface area contributed by atoms with E-state index in [0.717, 1.165) is 11.5 Å². The third-order valence-corrected chi connectivity index (χ3v) is 4.12. The van der Waals surface area contributed by atoms with Crippen LogP contribution in [0.1, 0.15) is 15.4 Å². The second-order valence-electron chi connectivity index (χ2n) is 3.85. The molecule has 0 saturated carbocycles. The highest BCUT2D eigenvalue weighted by Crippen LogP contribution is 2.24. The van der Waals surface area contributed by atoms with Crippen molar-refractivity contribution < 1.29 is 14.3 Å². The summed E-state index contributed by atoms with van der Waals surface area (Å²) in [6, 6.07) is 6.94. The number of carbonyl (C=O) groups is 1. The van der Waals surface area contributed by atoms with E-state index in [2.05, 4.69) is 4.37 Å². The Hall–Kier alpha value is -1.30. The number of carbonyl (C=O) groups excluding carboxylic acids is 1. The summed E-state index contributed by atoms with van der Waals surface area (Å²) in [5.41, 5.74) is 0.626. The fraction of sp³-hybridized carbons (Fsp3) is 0.231. The molecule has 1 aromatic carbocycles. The highest BCUT2D eigenvalue weighted by molar-refractivity contribution is 7.08. The van der Waals surface area contributed by atoms with E-state index in [1.807, 2.05) is 0 Å². The number of hydrogen-bond donors (Lipinski definition) is 0. The average Bonchev–Trinajstić information content (AvgIpc) is 2.77. The van der Waals surface area contributed by atoms with Gasteiger partial charge in [0.1, 0.15) is 19.0 Å². The van der Waals surface area contributed by atoms with Gasteiger partial charge >= 0.3 is 5.97 Å². The van der Waals surface area contributed by atoms with Crippen LogP contribution in [0, 0.1) is 6.92 Å². The number of nitrogens with zero attached hydrogens (tertiary/aromatic N) is 1. The fourth-order valence-corrected chi connectivity index (χ4v) is 2.46. The summed E-state index contributed by atoms with van der Waals surface area (Å²) in [6.45, 7) is 2.12. The van der Waals surface area contributed by atoms with Crippen LogP contribution in [0.5, 0.6) is 5.75 Å². The van der Waals surface area contributed by atoms with E-state index in [1.54, 1.807) is 31.2 Å². The summed E-state index contributed by atoms with van der Waals surface area (Å²) in [5.74, 6) is 0.178. The molecule has 0 unspecified atom stereocenters. The summed E-state index contributed by atoms with van der Waals surface area (Å²) in [5, 5.41) is 0.984. The first kappa shape index (κ1) is 15.1. The molecule has 0 fully saturated rings. The minimum Gasteiger partial charge on any atom is -0.490 e. The maximum Gasteiger partial charge on any atom is 0.351 e. The topological polar surface area (TPSA) is 48.4 Å². The highest BCUT2D eigenvalue weighted by atomic mass is 35.5. The molecule has 7 heteroatoms. The maximum absolute atomic E-state index is 11.7. The van der Waals surface area contributed by atoms with Gasteiger partial charge in [0.2, 0.25) is 0 Å². The molecule has 0 atom stereocenters. The van der Waals surface area contributed by atoms with E-state index < -0.39 is 5.97 Å². The average molecular weight is 332 g/mol. The normalized spacial score (nSPS) is 10.3. The summed E-state index contributed by atoms with van der Waals surface area (Å²) < 4.78 is 14.5. The third-order valence-electron chi connectivity index (χ3n) is 2.38. The van der Waals surface area contributed by atoms with E-state index >= 15 is 0 Å². The fourth-order valence-electron chi connectivity index (χ4n) is 1.38. The Labute approximate surface area is 130 Å². The monoisotopic (exact) mass is 331 g/mol. The lowest BCUT2D eigenvalue weighted by atomic mass is 10.3. The van der Waals surface area contributed by atoms with Gasteiger partial charge in [-0.3, -0.25) is 0 Å². The van der Waals surface area contributed by atoms with Crippen molar-refractivity contribution in [3.05, 3.63) is 44.9 Å². The van der Waals surface area contributed by atoms with Crippen molar-refractivity contribution in [1.82, 2.24) is 4.37 Å². The first-order valence-corrected chi connectivity index (χ1v) is 7.28. The van der Waals surface area contributed by atoms with Crippen molar-refractivity contribution in [2.45, 2.75) is 6.92 Å². The van der Waals surface area contributed by atoms with Gasteiger partial charge < -0.3 is 9.47 Å². The predicted octanol–water partition coefficient (Wildman–Crippen LogP) is 3.99. The molecule has 0 spiro atoms. The summed E-state index contributed by atoms with van der Waals surface area (Å²) in [6.07, 6.45) is 0. The molecule has 1 heterocycles. The first-order chi connectivity index (χ1) is 9.58. The molecule has 0 aliphatic rings. The van der Waals surface area contributed by atoms with E-state index in [0.29, 0.717) is 26.4 Å². The number of benzene rings is 1. The SMILES string of the molecule is Cc1nsc(C(=O)OCCOc2ccc(Cl)cc2)c1Cl. The smallest absolute Gasteiger partial charge is 0.351 e. The molecular formula is C13H11Cl2NO3S. The lowest BCUT2D eigenvalue weighted by Gasteiger charge is -2.06. The zero-order chi connectivity index (χ0) is 14.5. The van der Waals surface area contributed by atoms with Gasteiger partial charge in [-0.2, -0.15) is 4.37 Å². The second kappa shape index (κ2) is 6.92. The molecule has 0 radical (unpaired) electrons. The lowest BCUT2D eigenvalue weighted by Crippen LogP contribution is -2.11. The Morgan fingerprint density at radius 2 is 1.95 bits per heavy atom. The number of esters is 1. The Kier molecular flexibility index (Phi) is 5.23. The van der Waals surface area contributed by atoms with Gasteiger partial charge in [0, 0.05) is 5.02 Å². The van der Waals surface area contributed by atoms with E-state index in [9.17, 15) is 4.79 Å². The van der Waals surface area contributed by atoms with Crippen molar-refractivity contribution in [3.8, 4) is 5.75 Å². The van der Waals surface area contributed by atoms with Gasteiger partial charge in [-0.25, -0.2) is 4.79 Å². The minimum atomic E-state index is -0.486. The minimum absolute atomic E-state index is 0.134. The van der Waals surface area contributed by atoms with Gasteiger partial charge in [0.15, 0.2) is 4.88 Å². The number of hydrogen-bond acceptors (Lipinski definition) is 5. The molecular weight excluding hydrogens is 321 g/mol. The van der Waals surface area contributed by atoms with Crippen LogP contribution < -0.4 is 4.74 Å². The lowest BCUT2D eigenvalue weighted by molar-refractivity contribution is 0.0456. The second-order valence-corrected chi connectivity index (χ2v) is 5.44. The number of ether oxygens (including phenoxy) is 2. The molecule has 4 nitrogen and oxygen atoms in total. The third kappa shape index (κ3) is 3.85. The summed E-state index contributed by atoms with van der Waals surface area (Å²) >= 11 is 12.7. The summed E-state index contributed by atoms with van der Waals surface area (Å²) in [7, 11) is 0. The molecule has 20 heavy (non-hydrogen) atoms. The molecule has 0 saturated heterocycles. The van der Waals surface area contributed by atoms with Crippen molar-refractivity contribution >= 4 is 40.7 Å². The summed E-state index contributed by atoms with van der Waals surface area (Å²) in [4.78, 5) is 12.0. The van der Waals surface area contributed by atoms with Crippen LogP contribution >= 0.6 is 34.7 Å². The molecule has 2 rings (SSSR count). The Morgan fingerprint density at radius 1 is 1.25 bits per heavy atom. The van der Waals surface area contributed by atoms with Crippen LogP contribution in [0.4, 0.5) is 0 Å². The van der Waals surface area contributed by atoms with Crippen LogP contribution in [0.15, 0.2) is 24.3 Å². The van der Waals surface area contributed by atoms with Gasteiger partial charge in [0.05, 0.1) is 10.7 Å². The van der Waals surface area contributed by atoms with Crippen molar-refractivity contribution in [2.24, 2.45) is 0 Å². The van der Waals surface area contributed by atoms with Crippen molar-refractivity contribution in [2.75, 3.05) is 13.2 Å². The predicted molar refractivity (Wildman–Crippen MR) is 79.1 cm³/mol. The van der Waals surface area contributed by atoms with E-state index in [1.165, 1.54) is 0 Å². The van der Waals surface area contributed by atoms with Gasteiger partial charge in [0.25, 0.3) is 0 Å². The number of halogens is 2.